The van der Waals surface area contributed by atoms with Gasteiger partial charge in [0.25, 0.3) is 0 Å². The number of aromatic nitrogens is 2. The van der Waals surface area contributed by atoms with Gasteiger partial charge in [-0.05, 0) is 23.3 Å². The van der Waals surface area contributed by atoms with E-state index < -0.39 is 0 Å². The molecule has 4 aromatic rings. The molecular formula is C21H16N2O3. The second kappa shape index (κ2) is 6.37. The summed E-state index contributed by atoms with van der Waals surface area (Å²) in [7, 11) is 0. The SMILES string of the molecule is O=c1cc(-c2ccccc2)n(Cc2ccncc2)c2cc(O)cc(O)c12. The lowest BCUT2D eigenvalue weighted by molar-refractivity contribution is 0.454. The summed E-state index contributed by atoms with van der Waals surface area (Å²) in [6.45, 7) is 0.465. The summed E-state index contributed by atoms with van der Waals surface area (Å²) < 4.78 is 1.92. The lowest BCUT2D eigenvalue weighted by Gasteiger charge is -2.18. The smallest absolute Gasteiger partial charge is 0.193 e. The molecule has 5 nitrogen and oxygen atoms in total. The number of rotatable bonds is 3. The van der Waals surface area contributed by atoms with Crippen molar-refractivity contribution in [3.05, 3.63) is 88.8 Å². The number of benzene rings is 2. The Hall–Kier alpha value is -3.60. The van der Waals surface area contributed by atoms with Crippen molar-refractivity contribution in [1.82, 2.24) is 9.55 Å². The summed E-state index contributed by atoms with van der Waals surface area (Å²) in [5.74, 6) is -0.323. The van der Waals surface area contributed by atoms with Crippen molar-refractivity contribution in [2.24, 2.45) is 0 Å². The first kappa shape index (κ1) is 15.9. The van der Waals surface area contributed by atoms with E-state index in [1.165, 1.54) is 18.2 Å². The zero-order valence-corrected chi connectivity index (χ0v) is 13.8. The molecule has 128 valence electrons. The molecule has 0 bridgehead atoms. The molecule has 5 heteroatoms. The molecule has 2 aromatic heterocycles. The first-order valence-corrected chi connectivity index (χ1v) is 8.17. The Morgan fingerprint density at radius 1 is 0.923 bits per heavy atom. The fourth-order valence-corrected chi connectivity index (χ4v) is 3.16. The molecule has 0 atom stereocenters. The zero-order valence-electron chi connectivity index (χ0n) is 13.8. The molecule has 2 N–H and O–H groups in total. The first-order chi connectivity index (χ1) is 12.6. The van der Waals surface area contributed by atoms with Crippen LogP contribution in [0.15, 0.2) is 77.9 Å². The summed E-state index contributed by atoms with van der Waals surface area (Å²) in [6, 6.07) is 17.6. The number of hydrogen-bond acceptors (Lipinski definition) is 4. The van der Waals surface area contributed by atoms with E-state index in [1.54, 1.807) is 12.4 Å². The average molecular weight is 344 g/mol. The third-order valence-corrected chi connectivity index (χ3v) is 4.34. The molecular weight excluding hydrogens is 328 g/mol. The largest absolute Gasteiger partial charge is 0.508 e. The van der Waals surface area contributed by atoms with Gasteiger partial charge >= 0.3 is 0 Å². The van der Waals surface area contributed by atoms with Crippen LogP contribution in [0.1, 0.15) is 5.56 Å². The van der Waals surface area contributed by atoms with Crippen molar-refractivity contribution in [3.63, 3.8) is 0 Å². The normalized spacial score (nSPS) is 10.9. The maximum absolute atomic E-state index is 12.6. The molecule has 0 unspecified atom stereocenters. The van der Waals surface area contributed by atoms with Crippen LogP contribution in [0.5, 0.6) is 11.5 Å². The van der Waals surface area contributed by atoms with Gasteiger partial charge in [-0.2, -0.15) is 0 Å². The maximum atomic E-state index is 12.6. The van der Waals surface area contributed by atoms with Gasteiger partial charge in [-0.25, -0.2) is 0 Å². The number of aromatic hydroxyl groups is 2. The van der Waals surface area contributed by atoms with Gasteiger partial charge in [-0.15, -0.1) is 0 Å². The van der Waals surface area contributed by atoms with Crippen LogP contribution >= 0.6 is 0 Å². The van der Waals surface area contributed by atoms with E-state index in [0.29, 0.717) is 17.8 Å². The Balaban J connectivity index is 2.07. The molecule has 0 fully saturated rings. The third kappa shape index (κ3) is 2.80. The van der Waals surface area contributed by atoms with E-state index in [4.69, 9.17) is 0 Å². The van der Waals surface area contributed by atoms with Crippen LogP contribution in [0, 0.1) is 0 Å². The molecule has 0 radical (unpaired) electrons. The van der Waals surface area contributed by atoms with E-state index in [2.05, 4.69) is 4.98 Å². The molecule has 0 amide bonds. The van der Waals surface area contributed by atoms with Crippen LogP contribution in [0.25, 0.3) is 22.2 Å². The summed E-state index contributed by atoms with van der Waals surface area (Å²) in [6.07, 6.45) is 3.41. The lowest BCUT2D eigenvalue weighted by atomic mass is 10.1. The average Bonchev–Trinajstić information content (AvgIpc) is 2.65. The van der Waals surface area contributed by atoms with Gasteiger partial charge in [0.15, 0.2) is 5.43 Å². The Labute approximate surface area is 149 Å². The van der Waals surface area contributed by atoms with Crippen molar-refractivity contribution < 1.29 is 10.2 Å². The number of pyridine rings is 2. The predicted molar refractivity (Wildman–Crippen MR) is 100 cm³/mol. The van der Waals surface area contributed by atoms with E-state index in [0.717, 1.165) is 11.1 Å². The van der Waals surface area contributed by atoms with E-state index in [1.807, 2.05) is 47.0 Å². The minimum atomic E-state index is -0.290. The highest BCUT2D eigenvalue weighted by Crippen LogP contribution is 2.31. The van der Waals surface area contributed by atoms with Crippen LogP contribution in [0.4, 0.5) is 0 Å². The first-order valence-electron chi connectivity index (χ1n) is 8.17. The second-order valence-electron chi connectivity index (χ2n) is 6.06. The van der Waals surface area contributed by atoms with Gasteiger partial charge in [0, 0.05) is 37.1 Å². The van der Waals surface area contributed by atoms with Gasteiger partial charge < -0.3 is 14.8 Å². The molecule has 0 aliphatic carbocycles. The number of phenolic OH excluding ortho intramolecular Hbond substituents is 2. The number of phenols is 2. The van der Waals surface area contributed by atoms with Crippen molar-refractivity contribution in [3.8, 4) is 22.8 Å². The van der Waals surface area contributed by atoms with Gasteiger partial charge in [-0.3, -0.25) is 9.78 Å². The predicted octanol–water partition coefficient (Wildman–Crippen LogP) is 3.52. The van der Waals surface area contributed by atoms with Crippen LogP contribution in [0.3, 0.4) is 0 Å². The maximum Gasteiger partial charge on any atom is 0.193 e. The number of nitrogens with zero attached hydrogens (tertiary/aromatic N) is 2. The molecule has 2 heterocycles. The molecule has 2 aromatic carbocycles. The summed E-state index contributed by atoms with van der Waals surface area (Å²) in [4.78, 5) is 16.7. The second-order valence-corrected chi connectivity index (χ2v) is 6.06. The molecule has 0 aliphatic rings. The van der Waals surface area contributed by atoms with Crippen molar-refractivity contribution >= 4 is 10.9 Å². The summed E-state index contributed by atoms with van der Waals surface area (Å²) in [5, 5.41) is 20.4. The third-order valence-electron chi connectivity index (χ3n) is 4.34. The van der Waals surface area contributed by atoms with Crippen LogP contribution in [0.2, 0.25) is 0 Å². The fourth-order valence-electron chi connectivity index (χ4n) is 3.16. The van der Waals surface area contributed by atoms with Crippen LogP contribution in [-0.4, -0.2) is 19.8 Å². The van der Waals surface area contributed by atoms with E-state index in [-0.39, 0.29) is 22.3 Å². The topological polar surface area (TPSA) is 75.4 Å². The molecule has 0 saturated carbocycles. The van der Waals surface area contributed by atoms with E-state index in [9.17, 15) is 15.0 Å². The standard InChI is InChI=1S/C21H16N2O3/c24-16-10-18-21(19(25)11-16)20(26)12-17(15-4-2-1-3-5-15)23(18)13-14-6-8-22-9-7-14/h1-12,24-25H,13H2. The van der Waals surface area contributed by atoms with Crippen molar-refractivity contribution in [2.45, 2.75) is 6.54 Å². The minimum absolute atomic E-state index is 0.0944. The van der Waals surface area contributed by atoms with E-state index >= 15 is 0 Å². The van der Waals surface area contributed by atoms with Gasteiger partial charge in [0.1, 0.15) is 11.5 Å². The molecule has 0 aliphatic heterocycles. The monoisotopic (exact) mass is 344 g/mol. The molecule has 4 rings (SSSR count). The van der Waals surface area contributed by atoms with Crippen LogP contribution in [-0.2, 0) is 6.54 Å². The number of hydrogen-bond donors (Lipinski definition) is 2. The zero-order chi connectivity index (χ0) is 18.1. The Morgan fingerprint density at radius 3 is 2.38 bits per heavy atom. The minimum Gasteiger partial charge on any atom is -0.508 e. The molecule has 0 spiro atoms. The van der Waals surface area contributed by atoms with Gasteiger partial charge in [-0.1, -0.05) is 30.3 Å². The number of fused-ring (bicyclic) bond motifs is 1. The van der Waals surface area contributed by atoms with Crippen molar-refractivity contribution in [2.75, 3.05) is 0 Å². The Morgan fingerprint density at radius 2 is 1.65 bits per heavy atom. The quantitative estimate of drug-likeness (QED) is 0.596. The summed E-state index contributed by atoms with van der Waals surface area (Å²) >= 11 is 0. The Bertz CT molecular complexity index is 1140. The fraction of sp³-hybridized carbons (Fsp3) is 0.0476. The lowest BCUT2D eigenvalue weighted by Crippen LogP contribution is -2.13. The molecule has 0 saturated heterocycles. The van der Waals surface area contributed by atoms with Crippen LogP contribution < -0.4 is 5.43 Å². The highest BCUT2D eigenvalue weighted by atomic mass is 16.3. The summed E-state index contributed by atoms with van der Waals surface area (Å²) in [5.41, 5.74) is 2.77. The molecule has 26 heavy (non-hydrogen) atoms. The van der Waals surface area contributed by atoms with Gasteiger partial charge in [0.05, 0.1) is 16.6 Å². The Kier molecular flexibility index (Phi) is 3.89. The highest BCUT2D eigenvalue weighted by Gasteiger charge is 2.15. The highest BCUT2D eigenvalue weighted by molar-refractivity contribution is 5.89. The van der Waals surface area contributed by atoms with Crippen molar-refractivity contribution in [1.29, 1.82) is 0 Å². The van der Waals surface area contributed by atoms with Gasteiger partial charge in [0.2, 0.25) is 0 Å².